The summed E-state index contributed by atoms with van der Waals surface area (Å²) in [5.74, 6) is -0.914. The third kappa shape index (κ3) is 5.44. The van der Waals surface area contributed by atoms with Gasteiger partial charge in [-0.3, -0.25) is 14.5 Å². The van der Waals surface area contributed by atoms with Gasteiger partial charge >= 0.3 is 5.97 Å². The molecule has 2 fully saturated rings. The van der Waals surface area contributed by atoms with E-state index in [1.807, 2.05) is 11.8 Å². The second kappa shape index (κ2) is 8.61. The summed E-state index contributed by atoms with van der Waals surface area (Å²) >= 11 is 0. The summed E-state index contributed by atoms with van der Waals surface area (Å²) in [7, 11) is 0. The molecule has 0 bridgehead atoms. The molecule has 0 aromatic heterocycles. The van der Waals surface area contributed by atoms with Crippen LogP contribution in [-0.4, -0.2) is 72.5 Å². The lowest BCUT2D eigenvalue weighted by Gasteiger charge is -2.42. The van der Waals surface area contributed by atoms with Gasteiger partial charge in [0.15, 0.2) is 0 Å². The van der Waals surface area contributed by atoms with E-state index in [0.717, 1.165) is 32.3 Å². The first-order valence-corrected chi connectivity index (χ1v) is 8.49. The van der Waals surface area contributed by atoms with Crippen LogP contribution >= 0.6 is 0 Å². The van der Waals surface area contributed by atoms with Gasteiger partial charge in [0.1, 0.15) is 6.10 Å². The summed E-state index contributed by atoms with van der Waals surface area (Å²) in [6.45, 7) is 5.72. The first kappa shape index (κ1) is 18.2. The van der Waals surface area contributed by atoms with Crippen molar-refractivity contribution in [2.45, 2.75) is 63.8 Å². The Balaban J connectivity index is 1.63. The zero-order valence-electron chi connectivity index (χ0n) is 14.0. The molecule has 2 unspecified atom stereocenters. The molecule has 0 aromatic carbocycles. The Morgan fingerprint density at radius 2 is 2.17 bits per heavy atom. The van der Waals surface area contributed by atoms with E-state index in [1.165, 1.54) is 0 Å². The molecule has 0 radical (unpaired) electrons. The molecule has 0 spiro atoms. The number of nitrogens with zero attached hydrogens (tertiary/aromatic N) is 1. The van der Waals surface area contributed by atoms with Gasteiger partial charge in [-0.2, -0.15) is 0 Å². The fourth-order valence-electron chi connectivity index (χ4n) is 3.10. The van der Waals surface area contributed by atoms with Crippen LogP contribution in [0.25, 0.3) is 0 Å². The van der Waals surface area contributed by atoms with Crippen molar-refractivity contribution in [3.63, 3.8) is 0 Å². The van der Waals surface area contributed by atoms with E-state index in [1.54, 1.807) is 6.92 Å². The summed E-state index contributed by atoms with van der Waals surface area (Å²) < 4.78 is 11.1. The quantitative estimate of drug-likeness (QED) is 0.645. The lowest BCUT2D eigenvalue weighted by molar-refractivity contribution is -0.140. The molecule has 1 aliphatic carbocycles. The number of carbonyl (C=O) groups excluding carboxylic acids is 1. The molecule has 132 valence electrons. The van der Waals surface area contributed by atoms with Gasteiger partial charge in [0, 0.05) is 18.7 Å². The predicted molar refractivity (Wildman–Crippen MR) is 84.2 cm³/mol. The molecule has 2 rings (SSSR count). The van der Waals surface area contributed by atoms with Crippen LogP contribution in [-0.2, 0) is 19.1 Å². The predicted octanol–water partition coefficient (Wildman–Crippen LogP) is 0.624. The average molecular weight is 328 g/mol. The normalized spacial score (nSPS) is 28.4. The number of carbonyl (C=O) groups is 2. The number of carboxylic acid groups (broad SMARTS) is 1. The molecule has 1 heterocycles. The van der Waals surface area contributed by atoms with Crippen LogP contribution in [0.3, 0.4) is 0 Å². The van der Waals surface area contributed by atoms with Crippen LogP contribution < -0.4 is 5.32 Å². The van der Waals surface area contributed by atoms with E-state index in [2.05, 4.69) is 5.32 Å². The minimum absolute atomic E-state index is 0.0583. The Kier molecular flexibility index (Phi) is 6.80. The maximum absolute atomic E-state index is 12.1. The maximum Gasteiger partial charge on any atom is 0.317 e. The van der Waals surface area contributed by atoms with E-state index in [9.17, 15) is 9.59 Å². The Bertz CT molecular complexity index is 405. The van der Waals surface area contributed by atoms with Crippen LogP contribution in [0, 0.1) is 0 Å². The molecule has 7 nitrogen and oxygen atoms in total. The molecular formula is C16H28N2O5. The van der Waals surface area contributed by atoms with E-state index in [4.69, 9.17) is 14.6 Å². The number of hydrogen-bond donors (Lipinski definition) is 2. The molecular weight excluding hydrogens is 300 g/mol. The summed E-state index contributed by atoms with van der Waals surface area (Å²) in [6.07, 6.45) is 3.28. The molecule has 23 heavy (non-hydrogen) atoms. The van der Waals surface area contributed by atoms with E-state index < -0.39 is 12.1 Å². The molecule has 1 saturated heterocycles. The van der Waals surface area contributed by atoms with Gasteiger partial charge in [-0.25, -0.2) is 0 Å². The number of amides is 1. The van der Waals surface area contributed by atoms with Gasteiger partial charge in [-0.05, 0) is 39.2 Å². The average Bonchev–Trinajstić information content (AvgIpc) is 2.98. The van der Waals surface area contributed by atoms with Crippen molar-refractivity contribution in [1.82, 2.24) is 10.2 Å². The van der Waals surface area contributed by atoms with Crippen molar-refractivity contribution >= 4 is 11.9 Å². The minimum atomic E-state index is -0.810. The van der Waals surface area contributed by atoms with Crippen LogP contribution in [0.4, 0.5) is 0 Å². The fraction of sp³-hybridized carbons (Fsp3) is 0.875. The third-order valence-corrected chi connectivity index (χ3v) is 4.65. The van der Waals surface area contributed by atoms with E-state index in [-0.39, 0.29) is 30.6 Å². The molecule has 2 atom stereocenters. The topological polar surface area (TPSA) is 88.1 Å². The lowest BCUT2D eigenvalue weighted by Crippen LogP contribution is -2.56. The van der Waals surface area contributed by atoms with Gasteiger partial charge < -0.3 is 19.9 Å². The first-order valence-electron chi connectivity index (χ1n) is 8.49. The number of carboxylic acids is 1. The molecule has 1 aliphatic heterocycles. The summed E-state index contributed by atoms with van der Waals surface area (Å²) in [4.78, 5) is 24.8. The van der Waals surface area contributed by atoms with E-state index in [0.29, 0.717) is 13.2 Å². The van der Waals surface area contributed by atoms with Crippen molar-refractivity contribution in [3.8, 4) is 0 Å². The smallest absolute Gasteiger partial charge is 0.317 e. The molecule has 0 aromatic rings. The van der Waals surface area contributed by atoms with E-state index >= 15 is 0 Å². The summed E-state index contributed by atoms with van der Waals surface area (Å²) in [5, 5.41) is 11.9. The van der Waals surface area contributed by atoms with Crippen molar-refractivity contribution in [1.29, 1.82) is 0 Å². The Hall–Kier alpha value is -1.18. The van der Waals surface area contributed by atoms with Crippen LogP contribution in [0.15, 0.2) is 0 Å². The monoisotopic (exact) mass is 328 g/mol. The van der Waals surface area contributed by atoms with Gasteiger partial charge in [0.2, 0.25) is 5.91 Å². The lowest BCUT2D eigenvalue weighted by atomic mass is 9.85. The largest absolute Gasteiger partial charge is 0.480 e. The van der Waals surface area contributed by atoms with Crippen molar-refractivity contribution in [3.05, 3.63) is 0 Å². The Labute approximate surface area is 137 Å². The number of ether oxygens (including phenoxy) is 2. The molecule has 2 N–H and O–H groups in total. The Morgan fingerprint density at radius 1 is 1.43 bits per heavy atom. The fourth-order valence-corrected chi connectivity index (χ4v) is 3.10. The number of hydrogen-bond acceptors (Lipinski definition) is 5. The number of likely N-dealkylation sites (N-methyl/N-ethyl adjacent to an activating group) is 1. The van der Waals surface area contributed by atoms with Crippen LogP contribution in [0.2, 0.25) is 0 Å². The highest BCUT2D eigenvalue weighted by Gasteiger charge is 2.35. The zero-order chi connectivity index (χ0) is 16.8. The SMILES string of the molecule is CCN(CC(=O)O)C1CC(NC(=O)C(C)OCC2CCCO2)C1. The van der Waals surface area contributed by atoms with Crippen molar-refractivity contribution in [2.24, 2.45) is 0 Å². The van der Waals surface area contributed by atoms with Gasteiger partial charge in [0.05, 0.1) is 19.3 Å². The summed E-state index contributed by atoms with van der Waals surface area (Å²) in [6, 6.07) is 0.355. The standard InChI is InChI=1S/C16H28N2O5/c1-3-18(9-15(19)20)13-7-12(8-13)17-16(21)11(2)23-10-14-5-4-6-22-14/h11-14H,3-10H2,1-2H3,(H,17,21)(H,19,20). The highest BCUT2D eigenvalue weighted by molar-refractivity contribution is 5.80. The van der Waals surface area contributed by atoms with Crippen LogP contribution in [0.1, 0.15) is 39.5 Å². The number of rotatable bonds is 9. The van der Waals surface area contributed by atoms with Crippen molar-refractivity contribution < 1.29 is 24.2 Å². The second-order valence-corrected chi connectivity index (χ2v) is 6.40. The molecule has 1 saturated carbocycles. The maximum atomic E-state index is 12.1. The zero-order valence-corrected chi connectivity index (χ0v) is 14.0. The Morgan fingerprint density at radius 3 is 2.74 bits per heavy atom. The number of aliphatic carboxylic acids is 1. The molecule has 1 amide bonds. The minimum Gasteiger partial charge on any atom is -0.480 e. The highest BCUT2D eigenvalue weighted by atomic mass is 16.5. The van der Waals surface area contributed by atoms with Gasteiger partial charge in [-0.15, -0.1) is 0 Å². The van der Waals surface area contributed by atoms with Crippen molar-refractivity contribution in [2.75, 3.05) is 26.3 Å². The first-order chi connectivity index (χ1) is 11.0. The summed E-state index contributed by atoms with van der Waals surface area (Å²) in [5.41, 5.74) is 0. The van der Waals surface area contributed by atoms with Crippen LogP contribution in [0.5, 0.6) is 0 Å². The molecule has 2 aliphatic rings. The van der Waals surface area contributed by atoms with Gasteiger partial charge in [-0.1, -0.05) is 6.92 Å². The molecule has 7 heteroatoms. The van der Waals surface area contributed by atoms with Gasteiger partial charge in [0.25, 0.3) is 0 Å². The number of nitrogens with one attached hydrogen (secondary N) is 1. The second-order valence-electron chi connectivity index (χ2n) is 6.40. The highest BCUT2D eigenvalue weighted by Crippen LogP contribution is 2.25. The third-order valence-electron chi connectivity index (χ3n) is 4.65.